The van der Waals surface area contributed by atoms with Crippen LogP contribution < -0.4 is 4.90 Å². The molecule has 1 atom stereocenters. The van der Waals surface area contributed by atoms with E-state index in [9.17, 15) is 9.59 Å². The molecule has 2 aromatic carbocycles. The molecule has 0 bridgehead atoms. The number of carbonyl (C=O) groups is 2. The van der Waals surface area contributed by atoms with Crippen LogP contribution in [0.25, 0.3) is 5.57 Å². The second-order valence-electron chi connectivity index (χ2n) is 7.52. The number of ether oxygens (including phenoxy) is 1. The molecular formula is C23H20N2O3S2. The average Bonchev–Trinajstić information content (AvgIpc) is 3.44. The van der Waals surface area contributed by atoms with Crippen molar-refractivity contribution < 1.29 is 14.3 Å². The minimum atomic E-state index is -0.194. The number of amides is 2. The predicted octanol–water partition coefficient (Wildman–Crippen LogP) is 3.98. The summed E-state index contributed by atoms with van der Waals surface area (Å²) >= 11 is 6.71. The van der Waals surface area contributed by atoms with Crippen molar-refractivity contribution in [2.75, 3.05) is 18.1 Å². The molecule has 2 amide bonds. The monoisotopic (exact) mass is 436 g/mol. The molecule has 2 aromatic rings. The van der Waals surface area contributed by atoms with Crippen molar-refractivity contribution in [2.45, 2.75) is 25.5 Å². The van der Waals surface area contributed by atoms with Crippen molar-refractivity contribution in [3.8, 4) is 0 Å². The number of rotatable bonds is 4. The van der Waals surface area contributed by atoms with E-state index in [1.54, 1.807) is 9.80 Å². The highest BCUT2D eigenvalue weighted by Crippen LogP contribution is 2.45. The highest BCUT2D eigenvalue weighted by molar-refractivity contribution is 8.26. The van der Waals surface area contributed by atoms with Crippen molar-refractivity contribution in [3.05, 3.63) is 70.6 Å². The maximum Gasteiger partial charge on any atom is 0.267 e. The summed E-state index contributed by atoms with van der Waals surface area (Å²) in [4.78, 5) is 30.5. The predicted molar refractivity (Wildman–Crippen MR) is 122 cm³/mol. The molecule has 7 heteroatoms. The zero-order valence-corrected chi connectivity index (χ0v) is 17.9. The molecule has 152 valence electrons. The van der Waals surface area contributed by atoms with Crippen LogP contribution in [0.2, 0.25) is 0 Å². The zero-order chi connectivity index (χ0) is 20.7. The standard InChI is InChI=1S/C23H20N2O3S2/c26-21-19(20-22(27)25(23(29)30-20)14-16-9-6-12-28-16)17-10-4-5-11-18(17)24(21)13-15-7-2-1-3-8-15/h1-5,7-8,10-11,16H,6,9,12-14H2/b20-19-/t16-/m1/s1. The molecule has 30 heavy (non-hydrogen) atoms. The Morgan fingerprint density at radius 1 is 1.00 bits per heavy atom. The fourth-order valence-corrected chi connectivity index (χ4v) is 5.47. The summed E-state index contributed by atoms with van der Waals surface area (Å²) in [5, 5.41) is 0. The van der Waals surface area contributed by atoms with Gasteiger partial charge >= 0.3 is 0 Å². The minimum Gasteiger partial charge on any atom is -0.376 e. The van der Waals surface area contributed by atoms with E-state index in [1.165, 1.54) is 11.8 Å². The summed E-state index contributed by atoms with van der Waals surface area (Å²) in [5.74, 6) is -0.349. The van der Waals surface area contributed by atoms with Crippen LogP contribution in [-0.4, -0.2) is 40.3 Å². The number of nitrogens with zero attached hydrogens (tertiary/aromatic N) is 2. The highest BCUT2D eigenvalue weighted by Gasteiger charge is 2.42. The van der Waals surface area contributed by atoms with Gasteiger partial charge in [0.25, 0.3) is 11.8 Å². The third kappa shape index (κ3) is 3.37. The number of anilines is 1. The van der Waals surface area contributed by atoms with Crippen LogP contribution in [0.15, 0.2) is 59.5 Å². The number of hydrogen-bond donors (Lipinski definition) is 0. The van der Waals surface area contributed by atoms with E-state index in [2.05, 4.69) is 0 Å². The van der Waals surface area contributed by atoms with Crippen LogP contribution in [0, 0.1) is 0 Å². The number of benzene rings is 2. The van der Waals surface area contributed by atoms with Crippen molar-refractivity contribution in [3.63, 3.8) is 0 Å². The molecule has 5 rings (SSSR count). The minimum absolute atomic E-state index is 0.0120. The maximum atomic E-state index is 13.5. The summed E-state index contributed by atoms with van der Waals surface area (Å²) < 4.78 is 6.17. The molecule has 2 saturated heterocycles. The molecule has 0 aliphatic carbocycles. The molecule has 3 aliphatic heterocycles. The zero-order valence-electron chi connectivity index (χ0n) is 16.2. The number of thioether (sulfide) groups is 1. The molecule has 3 aliphatic rings. The van der Waals surface area contributed by atoms with Gasteiger partial charge in [-0.2, -0.15) is 0 Å². The van der Waals surface area contributed by atoms with Crippen molar-refractivity contribution in [1.82, 2.24) is 4.90 Å². The number of para-hydroxylation sites is 1. The quantitative estimate of drug-likeness (QED) is 0.536. The van der Waals surface area contributed by atoms with Crippen LogP contribution >= 0.6 is 24.0 Å². The lowest BCUT2D eigenvalue weighted by molar-refractivity contribution is -0.123. The van der Waals surface area contributed by atoms with Crippen molar-refractivity contribution in [2.24, 2.45) is 0 Å². The van der Waals surface area contributed by atoms with Crippen molar-refractivity contribution >= 4 is 51.4 Å². The van der Waals surface area contributed by atoms with E-state index in [0.29, 0.717) is 27.9 Å². The third-order valence-electron chi connectivity index (χ3n) is 5.59. The van der Waals surface area contributed by atoms with Gasteiger partial charge in [0.15, 0.2) is 0 Å². The number of carbonyl (C=O) groups excluding carboxylic acids is 2. The Bertz CT molecular complexity index is 1060. The largest absolute Gasteiger partial charge is 0.376 e. The van der Waals surface area contributed by atoms with Gasteiger partial charge in [0.05, 0.1) is 35.4 Å². The Morgan fingerprint density at radius 3 is 2.53 bits per heavy atom. The van der Waals surface area contributed by atoms with E-state index in [0.717, 1.165) is 36.3 Å². The summed E-state index contributed by atoms with van der Waals surface area (Å²) in [6.45, 7) is 1.63. The molecular weight excluding hydrogens is 416 g/mol. The average molecular weight is 437 g/mol. The fourth-order valence-electron chi connectivity index (χ4n) is 4.12. The van der Waals surface area contributed by atoms with Gasteiger partial charge in [-0.3, -0.25) is 14.5 Å². The summed E-state index contributed by atoms with van der Waals surface area (Å²) in [6.07, 6.45) is 1.94. The van der Waals surface area contributed by atoms with Gasteiger partial charge in [-0.15, -0.1) is 0 Å². The number of hydrogen-bond acceptors (Lipinski definition) is 5. The van der Waals surface area contributed by atoms with Crippen LogP contribution in [0.5, 0.6) is 0 Å². The Hall–Kier alpha value is -2.48. The van der Waals surface area contributed by atoms with Gasteiger partial charge < -0.3 is 9.64 Å². The van der Waals surface area contributed by atoms with Crippen molar-refractivity contribution in [1.29, 1.82) is 0 Å². The smallest absolute Gasteiger partial charge is 0.267 e. The fraction of sp³-hybridized carbons (Fsp3) is 0.261. The lowest BCUT2D eigenvalue weighted by atomic mass is 10.1. The van der Waals surface area contributed by atoms with Gasteiger partial charge in [-0.1, -0.05) is 72.5 Å². The highest BCUT2D eigenvalue weighted by atomic mass is 32.2. The maximum absolute atomic E-state index is 13.5. The molecule has 0 N–H and O–H groups in total. The Balaban J connectivity index is 1.50. The van der Waals surface area contributed by atoms with E-state index in [-0.39, 0.29) is 17.9 Å². The molecule has 5 nitrogen and oxygen atoms in total. The lowest BCUT2D eigenvalue weighted by Crippen LogP contribution is -2.35. The third-order valence-corrected chi connectivity index (χ3v) is 7.04. The van der Waals surface area contributed by atoms with E-state index in [1.807, 2.05) is 54.6 Å². The molecule has 3 heterocycles. The van der Waals surface area contributed by atoms with Gasteiger partial charge in [-0.25, -0.2) is 0 Å². The molecule has 0 aromatic heterocycles. The first kappa shape index (κ1) is 19.5. The van der Waals surface area contributed by atoms with Crippen LogP contribution in [0.4, 0.5) is 5.69 Å². The summed E-state index contributed by atoms with van der Waals surface area (Å²) in [6, 6.07) is 17.5. The Kier molecular flexibility index (Phi) is 5.18. The Labute approximate surface area is 184 Å². The van der Waals surface area contributed by atoms with Gasteiger partial charge in [0.1, 0.15) is 4.32 Å². The number of thiocarbonyl (C=S) groups is 1. The molecule has 0 spiro atoms. The first-order valence-corrected chi connectivity index (χ1v) is 11.2. The molecule has 0 saturated carbocycles. The first-order chi connectivity index (χ1) is 14.6. The molecule has 0 unspecified atom stereocenters. The normalized spacial score (nSPS) is 23.6. The number of fused-ring (bicyclic) bond motifs is 1. The molecule has 0 radical (unpaired) electrons. The summed E-state index contributed by atoms with van der Waals surface area (Å²) in [7, 11) is 0. The van der Waals surface area contributed by atoms with Crippen LogP contribution in [0.1, 0.15) is 24.0 Å². The van der Waals surface area contributed by atoms with Gasteiger partial charge in [0.2, 0.25) is 0 Å². The Morgan fingerprint density at radius 2 is 1.77 bits per heavy atom. The first-order valence-electron chi connectivity index (χ1n) is 9.98. The van der Waals surface area contributed by atoms with E-state index >= 15 is 0 Å². The lowest BCUT2D eigenvalue weighted by Gasteiger charge is -2.18. The van der Waals surface area contributed by atoms with E-state index in [4.69, 9.17) is 17.0 Å². The summed E-state index contributed by atoms with van der Waals surface area (Å²) in [5.41, 5.74) is 3.10. The topological polar surface area (TPSA) is 49.9 Å². The SMILES string of the molecule is O=C1/C(=C2/C(=O)N(Cc3ccccc3)c3ccccc32)SC(=S)N1C[C@H]1CCCO1. The van der Waals surface area contributed by atoms with E-state index < -0.39 is 0 Å². The van der Waals surface area contributed by atoms with Crippen LogP contribution in [-0.2, 0) is 20.9 Å². The second-order valence-corrected chi connectivity index (χ2v) is 9.16. The van der Waals surface area contributed by atoms with Gasteiger partial charge in [-0.05, 0) is 24.5 Å². The van der Waals surface area contributed by atoms with Gasteiger partial charge in [0, 0.05) is 12.2 Å². The second kappa shape index (κ2) is 7.98. The van der Waals surface area contributed by atoms with Crippen LogP contribution in [0.3, 0.4) is 0 Å². The molecule has 2 fully saturated rings.